The Hall–Kier alpha value is -1.44. The number of piperidine rings is 2. The predicted molar refractivity (Wildman–Crippen MR) is 102 cm³/mol. The van der Waals surface area contributed by atoms with Crippen molar-refractivity contribution in [2.75, 3.05) is 32.7 Å². The highest BCUT2D eigenvalue weighted by Gasteiger charge is 2.28. The molecule has 0 aromatic heterocycles. The molecule has 144 valence electrons. The van der Waals surface area contributed by atoms with Crippen LogP contribution in [0.25, 0.3) is 0 Å². The molecule has 2 N–H and O–H groups in total. The van der Waals surface area contributed by atoms with Crippen molar-refractivity contribution in [3.8, 4) is 0 Å². The standard InChI is InChI=1S/C19H29N3O3S/c1-15-8-11-22(12-9-15)26(24,25)18-6-4-17(5-7-18)19(23)21-14-16-3-2-10-20-13-16/h4-7,15-16,20H,2-3,8-14H2,1H3,(H,21,23). The molecule has 1 atom stereocenters. The Morgan fingerprint density at radius 1 is 1.19 bits per heavy atom. The molecule has 0 bridgehead atoms. The van der Waals surface area contributed by atoms with E-state index in [4.69, 9.17) is 0 Å². The molecule has 7 heteroatoms. The molecule has 2 fully saturated rings. The number of nitrogens with one attached hydrogen (secondary N) is 2. The molecule has 1 aromatic carbocycles. The molecule has 26 heavy (non-hydrogen) atoms. The average molecular weight is 380 g/mol. The smallest absolute Gasteiger partial charge is 0.251 e. The van der Waals surface area contributed by atoms with Gasteiger partial charge in [0.05, 0.1) is 4.90 Å². The lowest BCUT2D eigenvalue weighted by Crippen LogP contribution is -2.38. The van der Waals surface area contributed by atoms with Crippen molar-refractivity contribution in [2.24, 2.45) is 11.8 Å². The maximum Gasteiger partial charge on any atom is 0.251 e. The van der Waals surface area contributed by atoms with Gasteiger partial charge in [-0.25, -0.2) is 8.42 Å². The number of benzene rings is 1. The van der Waals surface area contributed by atoms with Gasteiger partial charge in [-0.05, 0) is 74.9 Å². The fourth-order valence-electron chi connectivity index (χ4n) is 3.59. The van der Waals surface area contributed by atoms with Crippen molar-refractivity contribution in [2.45, 2.75) is 37.5 Å². The van der Waals surface area contributed by atoms with Gasteiger partial charge in [-0.15, -0.1) is 0 Å². The van der Waals surface area contributed by atoms with Crippen molar-refractivity contribution in [3.05, 3.63) is 29.8 Å². The second-order valence-corrected chi connectivity index (χ2v) is 9.47. The Bertz CT molecular complexity index is 704. The average Bonchev–Trinajstić information content (AvgIpc) is 2.67. The van der Waals surface area contributed by atoms with E-state index in [9.17, 15) is 13.2 Å². The van der Waals surface area contributed by atoms with Crippen LogP contribution < -0.4 is 10.6 Å². The van der Waals surface area contributed by atoms with Crippen molar-refractivity contribution < 1.29 is 13.2 Å². The molecule has 2 aliphatic rings. The van der Waals surface area contributed by atoms with E-state index >= 15 is 0 Å². The quantitative estimate of drug-likeness (QED) is 0.818. The summed E-state index contributed by atoms with van der Waals surface area (Å²) in [6, 6.07) is 6.30. The fourth-order valence-corrected chi connectivity index (χ4v) is 5.06. The van der Waals surface area contributed by atoms with Gasteiger partial charge < -0.3 is 10.6 Å². The number of nitrogens with zero attached hydrogens (tertiary/aromatic N) is 1. The first-order valence-electron chi connectivity index (χ1n) is 9.56. The molecule has 2 heterocycles. The molecule has 0 saturated carbocycles. The van der Waals surface area contributed by atoms with Gasteiger partial charge in [0.1, 0.15) is 0 Å². The maximum atomic E-state index is 12.7. The molecule has 1 unspecified atom stereocenters. The normalized spacial score (nSPS) is 22.9. The van der Waals surface area contributed by atoms with E-state index in [1.54, 1.807) is 28.6 Å². The van der Waals surface area contributed by atoms with E-state index in [-0.39, 0.29) is 10.8 Å². The highest BCUT2D eigenvalue weighted by atomic mass is 32.2. The molecule has 3 rings (SSSR count). The zero-order valence-corrected chi connectivity index (χ0v) is 16.2. The molecule has 1 aromatic rings. The van der Waals surface area contributed by atoms with E-state index in [1.807, 2.05) is 0 Å². The number of amides is 1. The minimum Gasteiger partial charge on any atom is -0.352 e. The largest absolute Gasteiger partial charge is 0.352 e. The summed E-state index contributed by atoms with van der Waals surface area (Å²) >= 11 is 0. The van der Waals surface area contributed by atoms with Gasteiger partial charge in [0.25, 0.3) is 5.91 Å². The van der Waals surface area contributed by atoms with Crippen LogP contribution in [-0.4, -0.2) is 51.4 Å². The summed E-state index contributed by atoms with van der Waals surface area (Å²) < 4.78 is 27.0. The first kappa shape index (κ1) is 19.3. The first-order chi connectivity index (χ1) is 12.5. The van der Waals surface area contributed by atoms with E-state index in [2.05, 4.69) is 17.6 Å². The van der Waals surface area contributed by atoms with Gasteiger partial charge in [-0.1, -0.05) is 6.92 Å². The summed E-state index contributed by atoms with van der Waals surface area (Å²) in [6.45, 7) is 5.93. The number of carbonyl (C=O) groups excluding carboxylic acids is 1. The Morgan fingerprint density at radius 2 is 1.88 bits per heavy atom. The Balaban J connectivity index is 1.59. The SMILES string of the molecule is CC1CCN(S(=O)(=O)c2ccc(C(=O)NCC3CCCNC3)cc2)CC1. The number of hydrogen-bond acceptors (Lipinski definition) is 4. The van der Waals surface area contributed by atoms with Crippen LogP contribution >= 0.6 is 0 Å². The molecule has 0 radical (unpaired) electrons. The van der Waals surface area contributed by atoms with E-state index in [0.717, 1.165) is 38.8 Å². The van der Waals surface area contributed by atoms with Crippen molar-refractivity contribution in [1.29, 1.82) is 0 Å². The van der Waals surface area contributed by atoms with Crippen molar-refractivity contribution >= 4 is 15.9 Å². The number of rotatable bonds is 5. The summed E-state index contributed by atoms with van der Waals surface area (Å²) in [5, 5.41) is 6.29. The van der Waals surface area contributed by atoms with Crippen LogP contribution in [0.5, 0.6) is 0 Å². The van der Waals surface area contributed by atoms with Gasteiger partial charge in [-0.2, -0.15) is 4.31 Å². The minimum absolute atomic E-state index is 0.147. The van der Waals surface area contributed by atoms with Gasteiger partial charge in [0, 0.05) is 25.2 Å². The lowest BCUT2D eigenvalue weighted by Gasteiger charge is -2.29. The molecule has 0 spiro atoms. The second-order valence-electron chi connectivity index (χ2n) is 7.53. The highest BCUT2D eigenvalue weighted by Crippen LogP contribution is 2.23. The first-order valence-corrected chi connectivity index (χ1v) is 11.0. The Kier molecular flexibility index (Phi) is 6.32. The number of sulfonamides is 1. The monoisotopic (exact) mass is 379 g/mol. The maximum absolute atomic E-state index is 12.7. The van der Waals surface area contributed by atoms with Crippen LogP contribution in [0.1, 0.15) is 43.0 Å². The third kappa shape index (κ3) is 4.64. The van der Waals surface area contributed by atoms with Gasteiger partial charge in [0.2, 0.25) is 10.0 Å². The van der Waals surface area contributed by atoms with E-state index in [0.29, 0.717) is 37.0 Å². The topological polar surface area (TPSA) is 78.5 Å². The third-order valence-electron chi connectivity index (χ3n) is 5.45. The van der Waals surface area contributed by atoms with Gasteiger partial charge in [-0.3, -0.25) is 4.79 Å². The fraction of sp³-hybridized carbons (Fsp3) is 0.632. The van der Waals surface area contributed by atoms with Crippen LogP contribution in [0.4, 0.5) is 0 Å². The molecule has 2 saturated heterocycles. The zero-order valence-electron chi connectivity index (χ0n) is 15.4. The van der Waals surface area contributed by atoms with Crippen LogP contribution in [0.3, 0.4) is 0 Å². The number of carbonyl (C=O) groups is 1. The molecule has 2 aliphatic heterocycles. The van der Waals surface area contributed by atoms with Crippen molar-refractivity contribution in [1.82, 2.24) is 14.9 Å². The molecule has 6 nitrogen and oxygen atoms in total. The predicted octanol–water partition coefficient (Wildman–Crippen LogP) is 1.84. The Morgan fingerprint density at radius 3 is 2.50 bits per heavy atom. The van der Waals surface area contributed by atoms with Gasteiger partial charge >= 0.3 is 0 Å². The van der Waals surface area contributed by atoms with Crippen LogP contribution in [0.2, 0.25) is 0 Å². The molecule has 0 aliphatic carbocycles. The molecule has 1 amide bonds. The minimum atomic E-state index is -3.46. The zero-order chi connectivity index (χ0) is 18.6. The summed E-state index contributed by atoms with van der Waals surface area (Å²) in [5.74, 6) is 0.895. The van der Waals surface area contributed by atoms with Crippen LogP contribution in [-0.2, 0) is 10.0 Å². The van der Waals surface area contributed by atoms with Gasteiger partial charge in [0.15, 0.2) is 0 Å². The van der Waals surface area contributed by atoms with E-state index < -0.39 is 10.0 Å². The lowest BCUT2D eigenvalue weighted by atomic mass is 10.00. The molecular formula is C19H29N3O3S. The van der Waals surface area contributed by atoms with Crippen LogP contribution in [0.15, 0.2) is 29.2 Å². The number of hydrogen-bond donors (Lipinski definition) is 2. The summed E-state index contributed by atoms with van der Waals surface area (Å²) in [7, 11) is -3.46. The Labute approximate surface area is 156 Å². The summed E-state index contributed by atoms with van der Waals surface area (Å²) in [4.78, 5) is 12.6. The molecular weight excluding hydrogens is 350 g/mol. The lowest BCUT2D eigenvalue weighted by molar-refractivity contribution is 0.0944. The van der Waals surface area contributed by atoms with Crippen molar-refractivity contribution in [3.63, 3.8) is 0 Å². The summed E-state index contributed by atoms with van der Waals surface area (Å²) in [5.41, 5.74) is 0.500. The third-order valence-corrected chi connectivity index (χ3v) is 7.36. The summed E-state index contributed by atoms with van der Waals surface area (Å²) in [6.07, 6.45) is 4.06. The second kappa shape index (κ2) is 8.50. The highest BCUT2D eigenvalue weighted by molar-refractivity contribution is 7.89. The van der Waals surface area contributed by atoms with E-state index in [1.165, 1.54) is 0 Å². The van der Waals surface area contributed by atoms with Crippen LogP contribution in [0, 0.1) is 11.8 Å².